The first-order valence-electron chi connectivity index (χ1n) is 10.3. The molecule has 0 aliphatic carbocycles. The number of thiophene rings is 1. The Bertz CT molecular complexity index is 1390. The minimum atomic E-state index is -3.58. The summed E-state index contributed by atoms with van der Waals surface area (Å²) in [5, 5.41) is 6.55. The van der Waals surface area contributed by atoms with Crippen molar-refractivity contribution in [2.24, 2.45) is 5.92 Å². The Labute approximate surface area is 189 Å². The largest absolute Gasteiger partial charge is 0.495 e. The van der Waals surface area contributed by atoms with Crippen molar-refractivity contribution in [1.82, 2.24) is 4.31 Å². The minimum absolute atomic E-state index is 0.154. The van der Waals surface area contributed by atoms with Gasteiger partial charge in [-0.15, -0.1) is 11.3 Å². The molecule has 0 radical (unpaired) electrons. The average Bonchev–Trinajstić information content (AvgIpc) is 3.47. The summed E-state index contributed by atoms with van der Waals surface area (Å²) in [7, 11) is -2.03. The van der Waals surface area contributed by atoms with Gasteiger partial charge in [-0.3, -0.25) is 4.79 Å². The van der Waals surface area contributed by atoms with Crippen molar-refractivity contribution in [1.29, 1.82) is 0 Å². The number of furan rings is 1. The molecule has 32 heavy (non-hydrogen) atoms. The van der Waals surface area contributed by atoms with Gasteiger partial charge in [0.2, 0.25) is 5.91 Å². The quantitative estimate of drug-likeness (QED) is 0.457. The number of hydrogen-bond donors (Lipinski definition) is 1. The molecule has 1 fully saturated rings. The summed E-state index contributed by atoms with van der Waals surface area (Å²) in [6, 6.07) is 14.6. The van der Waals surface area contributed by atoms with Crippen LogP contribution in [0.3, 0.4) is 0 Å². The number of hydrogen-bond acceptors (Lipinski definition) is 6. The number of methoxy groups -OCH3 is 1. The Kier molecular flexibility index (Phi) is 5.40. The molecule has 1 N–H and O–H groups in total. The number of ether oxygens (including phenoxy) is 1. The van der Waals surface area contributed by atoms with E-state index in [9.17, 15) is 13.2 Å². The van der Waals surface area contributed by atoms with Crippen LogP contribution in [0.4, 0.5) is 5.69 Å². The highest BCUT2D eigenvalue weighted by molar-refractivity contribution is 7.91. The molecule has 5 rings (SSSR count). The van der Waals surface area contributed by atoms with Crippen LogP contribution in [-0.4, -0.2) is 38.8 Å². The molecule has 2 aromatic heterocycles. The smallest absolute Gasteiger partial charge is 0.252 e. The summed E-state index contributed by atoms with van der Waals surface area (Å²) < 4.78 is 38.9. The number of nitrogens with zero attached hydrogens (tertiary/aromatic N) is 1. The molecular weight excluding hydrogens is 448 g/mol. The zero-order chi connectivity index (χ0) is 22.3. The molecule has 1 saturated heterocycles. The number of para-hydroxylation sites is 1. The van der Waals surface area contributed by atoms with E-state index < -0.39 is 15.9 Å². The molecule has 0 bridgehead atoms. The van der Waals surface area contributed by atoms with Crippen LogP contribution in [0.5, 0.6) is 5.75 Å². The van der Waals surface area contributed by atoms with E-state index in [2.05, 4.69) is 5.32 Å². The molecule has 0 saturated carbocycles. The number of anilines is 1. The van der Waals surface area contributed by atoms with Gasteiger partial charge in [-0.05, 0) is 36.4 Å². The van der Waals surface area contributed by atoms with Crippen molar-refractivity contribution in [2.75, 3.05) is 25.5 Å². The molecule has 9 heteroatoms. The Balaban J connectivity index is 1.40. The van der Waals surface area contributed by atoms with Crippen LogP contribution >= 0.6 is 11.3 Å². The number of benzene rings is 2. The van der Waals surface area contributed by atoms with Gasteiger partial charge < -0.3 is 14.5 Å². The van der Waals surface area contributed by atoms with Crippen molar-refractivity contribution in [3.63, 3.8) is 0 Å². The third-order valence-electron chi connectivity index (χ3n) is 5.80. The predicted octanol–water partition coefficient (Wildman–Crippen LogP) is 4.70. The van der Waals surface area contributed by atoms with E-state index in [-0.39, 0.29) is 12.5 Å². The number of sulfonamides is 1. The molecule has 7 nitrogen and oxygen atoms in total. The predicted molar refractivity (Wildman–Crippen MR) is 125 cm³/mol. The Morgan fingerprint density at radius 1 is 1.16 bits per heavy atom. The van der Waals surface area contributed by atoms with Crippen LogP contribution in [0.1, 0.15) is 12.8 Å². The van der Waals surface area contributed by atoms with Gasteiger partial charge in [0.25, 0.3) is 10.0 Å². The zero-order valence-electron chi connectivity index (χ0n) is 17.4. The maximum absolute atomic E-state index is 13.1. The van der Waals surface area contributed by atoms with Crippen molar-refractivity contribution in [3.05, 3.63) is 53.9 Å². The molecule has 1 unspecified atom stereocenters. The zero-order valence-corrected chi connectivity index (χ0v) is 19.0. The molecule has 1 atom stereocenters. The lowest BCUT2D eigenvalue weighted by atomic mass is 9.98. The van der Waals surface area contributed by atoms with Gasteiger partial charge in [-0.2, -0.15) is 4.31 Å². The summed E-state index contributed by atoms with van der Waals surface area (Å²) in [4.78, 5) is 13.1. The van der Waals surface area contributed by atoms with Crippen molar-refractivity contribution < 1.29 is 22.4 Å². The highest BCUT2D eigenvalue weighted by Gasteiger charge is 2.34. The average molecular weight is 471 g/mol. The lowest BCUT2D eigenvalue weighted by Crippen LogP contribution is -2.43. The summed E-state index contributed by atoms with van der Waals surface area (Å²) in [6.07, 6.45) is 1.25. The molecule has 2 aromatic carbocycles. The van der Waals surface area contributed by atoms with E-state index in [1.54, 1.807) is 30.7 Å². The number of carbonyl (C=O) groups is 1. The standard InChI is InChI=1S/C23H22N2O5S2/c1-29-21-12-17-16-7-2-3-8-19(16)30-20(17)13-18(21)24-23(26)15-6-4-10-25(14-15)32(27,28)22-9-5-11-31-22/h2-3,5,7-9,11-13,15H,4,6,10,14H2,1H3,(H,24,26). The lowest BCUT2D eigenvalue weighted by Gasteiger charge is -2.30. The molecule has 166 valence electrons. The highest BCUT2D eigenvalue weighted by atomic mass is 32.2. The minimum Gasteiger partial charge on any atom is -0.495 e. The number of nitrogens with one attached hydrogen (secondary N) is 1. The normalized spacial score (nSPS) is 17.6. The number of carbonyl (C=O) groups excluding carboxylic acids is 1. The monoisotopic (exact) mass is 470 g/mol. The maximum atomic E-state index is 13.1. The second kappa shape index (κ2) is 8.23. The molecular formula is C23H22N2O5S2. The molecule has 1 amide bonds. The first-order valence-corrected chi connectivity index (χ1v) is 12.6. The molecule has 1 aliphatic heterocycles. The Morgan fingerprint density at radius 3 is 2.78 bits per heavy atom. The van der Waals surface area contributed by atoms with Gasteiger partial charge in [-0.25, -0.2) is 8.42 Å². The van der Waals surface area contributed by atoms with E-state index >= 15 is 0 Å². The van der Waals surface area contributed by atoms with Crippen LogP contribution in [0, 0.1) is 5.92 Å². The van der Waals surface area contributed by atoms with Crippen molar-refractivity contribution in [2.45, 2.75) is 17.1 Å². The van der Waals surface area contributed by atoms with Gasteiger partial charge >= 0.3 is 0 Å². The van der Waals surface area contributed by atoms with E-state index in [0.717, 1.165) is 16.4 Å². The fourth-order valence-corrected chi connectivity index (χ4v) is 6.83. The third-order valence-corrected chi connectivity index (χ3v) is 9.04. The maximum Gasteiger partial charge on any atom is 0.252 e. The molecule has 3 heterocycles. The van der Waals surface area contributed by atoms with Gasteiger partial charge in [0, 0.05) is 29.9 Å². The summed E-state index contributed by atoms with van der Waals surface area (Å²) in [5.41, 5.74) is 1.91. The fraction of sp³-hybridized carbons (Fsp3) is 0.261. The van der Waals surface area contributed by atoms with Crippen molar-refractivity contribution >= 4 is 54.9 Å². The van der Waals surface area contributed by atoms with E-state index in [1.165, 1.54) is 15.6 Å². The van der Waals surface area contributed by atoms with Crippen LogP contribution in [-0.2, 0) is 14.8 Å². The first-order chi connectivity index (χ1) is 15.5. The van der Waals surface area contributed by atoms with E-state index in [1.807, 2.05) is 30.3 Å². The molecule has 1 aliphatic rings. The number of rotatable bonds is 5. The SMILES string of the molecule is COc1cc2c(cc1NC(=O)C1CCCN(S(=O)(=O)c3cccs3)C1)oc1ccccc12. The van der Waals surface area contributed by atoms with Crippen LogP contribution in [0.15, 0.2) is 62.5 Å². The summed E-state index contributed by atoms with van der Waals surface area (Å²) >= 11 is 1.19. The van der Waals surface area contributed by atoms with E-state index in [0.29, 0.717) is 40.6 Å². The van der Waals surface area contributed by atoms with Gasteiger partial charge in [0.05, 0.1) is 18.7 Å². The second-order valence-electron chi connectivity index (χ2n) is 7.77. The van der Waals surface area contributed by atoms with Gasteiger partial charge in [0.15, 0.2) is 0 Å². The van der Waals surface area contributed by atoms with Gasteiger partial charge in [0.1, 0.15) is 21.1 Å². The number of fused-ring (bicyclic) bond motifs is 3. The van der Waals surface area contributed by atoms with Crippen LogP contribution in [0.25, 0.3) is 21.9 Å². The number of amides is 1. The topological polar surface area (TPSA) is 88.9 Å². The summed E-state index contributed by atoms with van der Waals surface area (Å²) in [6.45, 7) is 0.569. The Morgan fingerprint density at radius 2 is 2.00 bits per heavy atom. The second-order valence-corrected chi connectivity index (χ2v) is 10.9. The Hall–Kier alpha value is -2.88. The number of piperidine rings is 1. The highest BCUT2D eigenvalue weighted by Crippen LogP contribution is 2.37. The van der Waals surface area contributed by atoms with E-state index in [4.69, 9.17) is 9.15 Å². The van der Waals surface area contributed by atoms with Crippen LogP contribution in [0.2, 0.25) is 0 Å². The van der Waals surface area contributed by atoms with Gasteiger partial charge in [-0.1, -0.05) is 24.3 Å². The third kappa shape index (κ3) is 3.66. The van der Waals surface area contributed by atoms with Crippen LogP contribution < -0.4 is 10.1 Å². The molecule has 0 spiro atoms. The summed E-state index contributed by atoms with van der Waals surface area (Å²) in [5.74, 6) is -0.157. The van der Waals surface area contributed by atoms with Crippen molar-refractivity contribution in [3.8, 4) is 5.75 Å². The first kappa shape index (κ1) is 21.0. The molecule has 4 aromatic rings. The fourth-order valence-electron chi connectivity index (χ4n) is 4.17. The lowest BCUT2D eigenvalue weighted by molar-refractivity contribution is -0.120.